The van der Waals surface area contributed by atoms with Crippen molar-refractivity contribution in [1.82, 2.24) is 9.88 Å². The number of hydrogen-bond donors (Lipinski definition) is 1. The van der Waals surface area contributed by atoms with Gasteiger partial charge in [-0.05, 0) is 37.6 Å². The van der Waals surface area contributed by atoms with Crippen LogP contribution in [-0.2, 0) is 13.1 Å². The second kappa shape index (κ2) is 6.61. The van der Waals surface area contributed by atoms with Gasteiger partial charge in [-0.3, -0.25) is 9.88 Å². The maximum Gasteiger partial charge on any atom is 0.0542 e. The number of pyridine rings is 1. The Labute approximate surface area is 98.7 Å². The van der Waals surface area contributed by atoms with E-state index < -0.39 is 0 Å². The molecule has 0 radical (unpaired) electrons. The molecule has 0 aliphatic heterocycles. The molecule has 0 saturated carbocycles. The summed E-state index contributed by atoms with van der Waals surface area (Å²) in [5.41, 5.74) is 7.85. The van der Waals surface area contributed by atoms with Gasteiger partial charge in [0.25, 0.3) is 0 Å². The fraction of sp³-hybridized carbons (Fsp3) is 0.615. The Bertz CT molecular complexity index is 308. The van der Waals surface area contributed by atoms with E-state index in [1.807, 2.05) is 6.20 Å². The van der Waals surface area contributed by atoms with Crippen molar-refractivity contribution >= 4 is 0 Å². The average molecular weight is 221 g/mol. The van der Waals surface area contributed by atoms with Crippen molar-refractivity contribution in [2.75, 3.05) is 7.05 Å². The van der Waals surface area contributed by atoms with Crippen LogP contribution in [0, 0.1) is 0 Å². The lowest BCUT2D eigenvalue weighted by atomic mass is 10.1. The fourth-order valence-electron chi connectivity index (χ4n) is 2.07. The third-order valence-electron chi connectivity index (χ3n) is 3.09. The Kier molecular flexibility index (Phi) is 5.43. The van der Waals surface area contributed by atoms with Crippen LogP contribution in [0.25, 0.3) is 0 Å². The Balaban J connectivity index is 2.64. The van der Waals surface area contributed by atoms with E-state index in [0.717, 1.165) is 12.2 Å². The van der Waals surface area contributed by atoms with Gasteiger partial charge in [0.1, 0.15) is 0 Å². The quantitative estimate of drug-likeness (QED) is 0.800. The number of nitrogens with zero attached hydrogens (tertiary/aromatic N) is 2. The summed E-state index contributed by atoms with van der Waals surface area (Å²) in [5.74, 6) is 0. The summed E-state index contributed by atoms with van der Waals surface area (Å²) in [4.78, 5) is 6.61. The number of nitrogens with two attached hydrogens (primary N) is 1. The lowest BCUT2D eigenvalue weighted by Gasteiger charge is -2.26. The normalized spacial score (nSPS) is 11.4. The smallest absolute Gasteiger partial charge is 0.0542 e. The molecule has 0 aromatic carbocycles. The lowest BCUT2D eigenvalue weighted by Crippen LogP contribution is -2.30. The van der Waals surface area contributed by atoms with Crippen molar-refractivity contribution in [3.63, 3.8) is 0 Å². The zero-order chi connectivity index (χ0) is 12.0. The minimum Gasteiger partial charge on any atom is -0.325 e. The van der Waals surface area contributed by atoms with Crippen LogP contribution in [0.4, 0.5) is 0 Å². The standard InChI is InChI=1S/C13H23N3/c1-4-13(5-2)16(3)10-11-6-7-15-12(8-11)9-14/h6-8,13H,4-5,9-10,14H2,1-3H3. The first kappa shape index (κ1) is 13.1. The van der Waals surface area contributed by atoms with Gasteiger partial charge in [-0.2, -0.15) is 0 Å². The first-order valence-corrected chi connectivity index (χ1v) is 6.05. The van der Waals surface area contributed by atoms with Crippen LogP contribution in [0.5, 0.6) is 0 Å². The molecule has 0 unspecified atom stereocenters. The topological polar surface area (TPSA) is 42.2 Å². The minimum atomic E-state index is 0.516. The molecule has 3 nitrogen and oxygen atoms in total. The molecule has 0 bridgehead atoms. The van der Waals surface area contributed by atoms with Crippen molar-refractivity contribution < 1.29 is 0 Å². The molecule has 0 amide bonds. The van der Waals surface area contributed by atoms with Crippen LogP contribution in [0.3, 0.4) is 0 Å². The molecule has 0 fully saturated rings. The van der Waals surface area contributed by atoms with E-state index in [0.29, 0.717) is 12.6 Å². The first-order valence-electron chi connectivity index (χ1n) is 6.05. The Morgan fingerprint density at radius 1 is 1.38 bits per heavy atom. The molecule has 1 aromatic rings. The monoisotopic (exact) mass is 221 g/mol. The zero-order valence-corrected chi connectivity index (χ0v) is 10.6. The summed E-state index contributed by atoms with van der Waals surface area (Å²) >= 11 is 0. The predicted octanol–water partition coefficient (Wildman–Crippen LogP) is 2.16. The highest BCUT2D eigenvalue weighted by Crippen LogP contribution is 2.11. The maximum atomic E-state index is 5.59. The number of aromatic nitrogens is 1. The van der Waals surface area contributed by atoms with Gasteiger partial charge in [-0.25, -0.2) is 0 Å². The SMILES string of the molecule is CCC(CC)N(C)Cc1ccnc(CN)c1. The van der Waals surface area contributed by atoms with Gasteiger partial charge in [-0.15, -0.1) is 0 Å². The van der Waals surface area contributed by atoms with Gasteiger partial charge in [0.05, 0.1) is 5.69 Å². The van der Waals surface area contributed by atoms with Crippen LogP contribution in [0.15, 0.2) is 18.3 Å². The summed E-state index contributed by atoms with van der Waals surface area (Å²) in [6.07, 6.45) is 4.24. The molecule has 0 spiro atoms. The van der Waals surface area contributed by atoms with Gasteiger partial charge in [0.2, 0.25) is 0 Å². The van der Waals surface area contributed by atoms with Crippen molar-refractivity contribution in [1.29, 1.82) is 0 Å². The van der Waals surface area contributed by atoms with Gasteiger partial charge >= 0.3 is 0 Å². The highest BCUT2D eigenvalue weighted by atomic mass is 15.1. The first-order chi connectivity index (χ1) is 7.71. The Morgan fingerprint density at radius 2 is 2.06 bits per heavy atom. The van der Waals surface area contributed by atoms with E-state index in [-0.39, 0.29) is 0 Å². The van der Waals surface area contributed by atoms with Crippen LogP contribution >= 0.6 is 0 Å². The number of rotatable bonds is 6. The van der Waals surface area contributed by atoms with Crippen molar-refractivity contribution in [3.8, 4) is 0 Å². The highest BCUT2D eigenvalue weighted by molar-refractivity contribution is 5.16. The molecule has 1 aromatic heterocycles. The van der Waals surface area contributed by atoms with E-state index in [2.05, 4.69) is 42.9 Å². The van der Waals surface area contributed by atoms with Crippen LogP contribution in [-0.4, -0.2) is 23.0 Å². The van der Waals surface area contributed by atoms with Crippen LogP contribution < -0.4 is 5.73 Å². The predicted molar refractivity (Wildman–Crippen MR) is 68.0 cm³/mol. The summed E-state index contributed by atoms with van der Waals surface area (Å²) in [6, 6.07) is 4.83. The highest BCUT2D eigenvalue weighted by Gasteiger charge is 2.10. The summed E-state index contributed by atoms with van der Waals surface area (Å²) in [5, 5.41) is 0. The van der Waals surface area contributed by atoms with Gasteiger partial charge in [-0.1, -0.05) is 13.8 Å². The molecule has 90 valence electrons. The molecule has 16 heavy (non-hydrogen) atoms. The van der Waals surface area contributed by atoms with Crippen LogP contribution in [0.2, 0.25) is 0 Å². The largest absolute Gasteiger partial charge is 0.325 e. The molecule has 1 heterocycles. The van der Waals surface area contributed by atoms with Crippen molar-refractivity contribution in [3.05, 3.63) is 29.6 Å². The summed E-state index contributed by atoms with van der Waals surface area (Å²) < 4.78 is 0. The van der Waals surface area contributed by atoms with E-state index in [9.17, 15) is 0 Å². The third kappa shape index (κ3) is 3.58. The summed E-state index contributed by atoms with van der Waals surface area (Å²) in [7, 11) is 2.18. The molecular weight excluding hydrogens is 198 g/mol. The van der Waals surface area contributed by atoms with E-state index in [1.165, 1.54) is 18.4 Å². The molecule has 3 heteroatoms. The van der Waals surface area contributed by atoms with E-state index in [4.69, 9.17) is 5.73 Å². The molecule has 0 saturated heterocycles. The van der Waals surface area contributed by atoms with Crippen molar-refractivity contribution in [2.24, 2.45) is 5.73 Å². The van der Waals surface area contributed by atoms with Crippen molar-refractivity contribution in [2.45, 2.75) is 45.8 Å². The molecule has 1 rings (SSSR count). The molecule has 0 atom stereocenters. The molecule has 2 N–H and O–H groups in total. The van der Waals surface area contributed by atoms with E-state index >= 15 is 0 Å². The minimum absolute atomic E-state index is 0.516. The second-order valence-corrected chi connectivity index (χ2v) is 4.24. The average Bonchev–Trinajstić information content (AvgIpc) is 2.31. The Hall–Kier alpha value is -0.930. The summed E-state index contributed by atoms with van der Waals surface area (Å²) in [6.45, 7) is 5.97. The Morgan fingerprint density at radius 3 is 2.62 bits per heavy atom. The second-order valence-electron chi connectivity index (χ2n) is 4.24. The number of hydrogen-bond acceptors (Lipinski definition) is 3. The molecule has 0 aliphatic carbocycles. The van der Waals surface area contributed by atoms with Gasteiger partial charge in [0, 0.05) is 25.3 Å². The molecule has 0 aliphatic rings. The fourth-order valence-corrected chi connectivity index (χ4v) is 2.07. The van der Waals surface area contributed by atoms with E-state index in [1.54, 1.807) is 0 Å². The van der Waals surface area contributed by atoms with Gasteiger partial charge in [0.15, 0.2) is 0 Å². The third-order valence-corrected chi connectivity index (χ3v) is 3.09. The maximum absolute atomic E-state index is 5.59. The molecular formula is C13H23N3. The zero-order valence-electron chi connectivity index (χ0n) is 10.6. The van der Waals surface area contributed by atoms with Crippen LogP contribution in [0.1, 0.15) is 37.9 Å². The van der Waals surface area contributed by atoms with Gasteiger partial charge < -0.3 is 5.73 Å². The lowest BCUT2D eigenvalue weighted by molar-refractivity contribution is 0.221.